The van der Waals surface area contributed by atoms with Gasteiger partial charge in [0.1, 0.15) is 5.82 Å². The number of rotatable bonds is 2. The molecule has 0 unspecified atom stereocenters. The van der Waals surface area contributed by atoms with Gasteiger partial charge in [0.25, 0.3) is 5.56 Å². The fourth-order valence-corrected chi connectivity index (χ4v) is 4.46. The van der Waals surface area contributed by atoms with Crippen molar-refractivity contribution in [3.8, 4) is 0 Å². The molecule has 0 amide bonds. The van der Waals surface area contributed by atoms with E-state index >= 15 is 0 Å². The van der Waals surface area contributed by atoms with Gasteiger partial charge in [-0.3, -0.25) is 14.3 Å². The van der Waals surface area contributed by atoms with Gasteiger partial charge in [0.2, 0.25) is 0 Å². The molecule has 0 spiro atoms. The monoisotopic (exact) mass is 331 g/mol. The molecule has 5 rings (SSSR count). The highest BCUT2D eigenvalue weighted by Gasteiger charge is 2.37. The van der Waals surface area contributed by atoms with E-state index in [2.05, 4.69) is 35.2 Å². The lowest BCUT2D eigenvalue weighted by atomic mass is 10.1. The van der Waals surface area contributed by atoms with Crippen LogP contribution >= 0.6 is 0 Å². The fourth-order valence-electron chi connectivity index (χ4n) is 4.46. The Morgan fingerprint density at radius 2 is 1.72 bits per heavy atom. The van der Waals surface area contributed by atoms with Crippen molar-refractivity contribution in [2.75, 3.05) is 0 Å². The van der Waals surface area contributed by atoms with E-state index in [1.807, 2.05) is 28.8 Å². The number of para-hydroxylation sites is 1. The number of nitrogens with zero attached hydrogens (tertiary/aromatic N) is 3. The van der Waals surface area contributed by atoms with E-state index in [0.717, 1.165) is 42.7 Å². The summed E-state index contributed by atoms with van der Waals surface area (Å²) in [7, 11) is 0. The van der Waals surface area contributed by atoms with Crippen LogP contribution in [-0.4, -0.2) is 26.5 Å². The van der Waals surface area contributed by atoms with Crippen LogP contribution in [0.2, 0.25) is 0 Å². The Hall–Kier alpha value is -2.46. The van der Waals surface area contributed by atoms with Crippen molar-refractivity contribution in [1.29, 1.82) is 0 Å². The summed E-state index contributed by atoms with van der Waals surface area (Å²) in [6.45, 7) is 1.72. The van der Waals surface area contributed by atoms with Gasteiger partial charge in [-0.15, -0.1) is 0 Å². The average molecular weight is 331 g/mol. The van der Waals surface area contributed by atoms with E-state index in [4.69, 9.17) is 4.98 Å². The molecule has 1 fully saturated rings. The molecule has 25 heavy (non-hydrogen) atoms. The van der Waals surface area contributed by atoms with Crippen molar-refractivity contribution >= 4 is 10.9 Å². The molecule has 3 aromatic rings. The summed E-state index contributed by atoms with van der Waals surface area (Å²) in [5.74, 6) is 0.953. The summed E-state index contributed by atoms with van der Waals surface area (Å²) < 4.78 is 1.93. The van der Waals surface area contributed by atoms with Gasteiger partial charge in [-0.25, -0.2) is 4.98 Å². The maximum atomic E-state index is 13.0. The zero-order chi connectivity index (χ0) is 16.8. The molecule has 1 saturated heterocycles. The zero-order valence-electron chi connectivity index (χ0n) is 14.1. The summed E-state index contributed by atoms with van der Waals surface area (Å²) >= 11 is 0. The van der Waals surface area contributed by atoms with Crippen molar-refractivity contribution in [2.24, 2.45) is 0 Å². The van der Waals surface area contributed by atoms with Gasteiger partial charge in [-0.2, -0.15) is 0 Å². The minimum absolute atomic E-state index is 0.118. The predicted octanol–water partition coefficient (Wildman–Crippen LogP) is 2.99. The molecular weight excluding hydrogens is 310 g/mol. The molecule has 4 nitrogen and oxygen atoms in total. The zero-order valence-corrected chi connectivity index (χ0v) is 14.1. The Kier molecular flexibility index (Phi) is 3.45. The van der Waals surface area contributed by atoms with Crippen LogP contribution in [0, 0.1) is 0 Å². The number of benzene rings is 2. The second-order valence-electron chi connectivity index (χ2n) is 7.21. The average Bonchev–Trinajstić information content (AvgIpc) is 2.92. The first kappa shape index (κ1) is 14.8. The summed E-state index contributed by atoms with van der Waals surface area (Å²) in [6.07, 6.45) is 3.22. The Balaban J connectivity index is 1.55. The molecule has 126 valence electrons. The van der Waals surface area contributed by atoms with Crippen molar-refractivity contribution in [3.63, 3.8) is 0 Å². The van der Waals surface area contributed by atoms with Crippen LogP contribution in [-0.2, 0) is 19.5 Å². The summed E-state index contributed by atoms with van der Waals surface area (Å²) in [6, 6.07) is 19.3. The largest absolute Gasteiger partial charge is 0.294 e. The first-order valence-electron chi connectivity index (χ1n) is 9.08. The Morgan fingerprint density at radius 3 is 2.60 bits per heavy atom. The van der Waals surface area contributed by atoms with Crippen LogP contribution in [0.4, 0.5) is 0 Å². The molecule has 3 heterocycles. The Labute approximate surface area is 146 Å². The van der Waals surface area contributed by atoms with E-state index in [-0.39, 0.29) is 5.56 Å². The van der Waals surface area contributed by atoms with Gasteiger partial charge in [-0.1, -0.05) is 42.5 Å². The van der Waals surface area contributed by atoms with Crippen molar-refractivity contribution in [1.82, 2.24) is 14.5 Å². The highest BCUT2D eigenvalue weighted by atomic mass is 16.1. The number of hydrogen-bond acceptors (Lipinski definition) is 3. The molecule has 1 aromatic heterocycles. The van der Waals surface area contributed by atoms with Gasteiger partial charge in [-0.05, 0) is 30.5 Å². The molecule has 2 atom stereocenters. The second kappa shape index (κ2) is 5.81. The first-order chi connectivity index (χ1) is 12.3. The highest BCUT2D eigenvalue weighted by molar-refractivity contribution is 5.77. The van der Waals surface area contributed by atoms with Gasteiger partial charge in [0, 0.05) is 31.6 Å². The molecule has 2 bridgehead atoms. The molecule has 0 aliphatic carbocycles. The van der Waals surface area contributed by atoms with Gasteiger partial charge in [0.05, 0.1) is 10.9 Å². The topological polar surface area (TPSA) is 38.1 Å². The molecule has 4 heteroatoms. The quantitative estimate of drug-likeness (QED) is 0.724. The fraction of sp³-hybridized carbons (Fsp3) is 0.333. The Bertz CT molecular complexity index is 979. The smallest absolute Gasteiger partial charge is 0.261 e. The lowest BCUT2D eigenvalue weighted by molar-refractivity contribution is 0.180. The van der Waals surface area contributed by atoms with Gasteiger partial charge >= 0.3 is 0 Å². The molecular formula is C21H21N3O. The number of fused-ring (bicyclic) bond motifs is 4. The summed E-state index contributed by atoms with van der Waals surface area (Å²) in [4.78, 5) is 20.4. The lowest BCUT2D eigenvalue weighted by Crippen LogP contribution is -2.37. The van der Waals surface area contributed by atoms with Crippen LogP contribution in [0.3, 0.4) is 0 Å². The molecule has 2 aliphatic heterocycles. The Morgan fingerprint density at radius 1 is 0.960 bits per heavy atom. The van der Waals surface area contributed by atoms with E-state index in [1.165, 1.54) is 12.0 Å². The summed E-state index contributed by atoms with van der Waals surface area (Å²) in [5, 5.41) is 0.735. The molecule has 0 N–H and O–H groups in total. The predicted molar refractivity (Wildman–Crippen MR) is 98.5 cm³/mol. The van der Waals surface area contributed by atoms with E-state index in [1.54, 1.807) is 0 Å². The van der Waals surface area contributed by atoms with Crippen molar-refractivity contribution < 1.29 is 0 Å². The van der Waals surface area contributed by atoms with Crippen LogP contribution in [0.5, 0.6) is 0 Å². The number of hydrogen-bond donors (Lipinski definition) is 0. The van der Waals surface area contributed by atoms with Gasteiger partial charge < -0.3 is 0 Å². The van der Waals surface area contributed by atoms with Crippen LogP contribution in [0.1, 0.15) is 24.2 Å². The maximum absolute atomic E-state index is 13.0. The van der Waals surface area contributed by atoms with Crippen LogP contribution in [0.25, 0.3) is 10.9 Å². The van der Waals surface area contributed by atoms with E-state index in [9.17, 15) is 4.79 Å². The van der Waals surface area contributed by atoms with E-state index in [0.29, 0.717) is 12.1 Å². The van der Waals surface area contributed by atoms with Gasteiger partial charge in [0.15, 0.2) is 0 Å². The minimum atomic E-state index is 0.118. The molecule has 0 radical (unpaired) electrons. The number of aromatic nitrogens is 2. The normalized spacial score (nSPS) is 22.7. The lowest BCUT2D eigenvalue weighted by Gasteiger charge is -2.27. The van der Waals surface area contributed by atoms with Crippen molar-refractivity contribution in [2.45, 2.75) is 44.4 Å². The second-order valence-corrected chi connectivity index (χ2v) is 7.21. The standard InChI is InChI=1S/C21H21N3O/c25-21-18-8-4-5-9-19(18)22-20-12-16-10-11-17(14-24(20)21)23(16)13-15-6-2-1-3-7-15/h1-9,16-17H,10-14H2/t16-,17+/m0/s1. The summed E-state index contributed by atoms with van der Waals surface area (Å²) in [5.41, 5.74) is 2.29. The molecule has 2 aromatic carbocycles. The molecule has 2 aliphatic rings. The van der Waals surface area contributed by atoms with E-state index < -0.39 is 0 Å². The van der Waals surface area contributed by atoms with Crippen LogP contribution < -0.4 is 5.56 Å². The first-order valence-corrected chi connectivity index (χ1v) is 9.08. The highest BCUT2D eigenvalue weighted by Crippen LogP contribution is 2.32. The SMILES string of the molecule is O=c1c2ccccc2nc2n1C[C@H]1CC[C@@H](C2)N1Cc1ccccc1. The molecule has 0 saturated carbocycles. The van der Waals surface area contributed by atoms with Crippen molar-refractivity contribution in [3.05, 3.63) is 76.3 Å². The third-order valence-corrected chi connectivity index (χ3v) is 5.73. The third kappa shape index (κ3) is 2.48. The third-order valence-electron chi connectivity index (χ3n) is 5.73. The maximum Gasteiger partial charge on any atom is 0.261 e. The van der Waals surface area contributed by atoms with Crippen LogP contribution in [0.15, 0.2) is 59.4 Å². The minimum Gasteiger partial charge on any atom is -0.294 e.